The minimum absolute atomic E-state index is 0.0710. The summed E-state index contributed by atoms with van der Waals surface area (Å²) in [5.74, 6) is -0.403. The molecule has 0 aliphatic heterocycles. The normalized spacial score (nSPS) is 10.0. The lowest BCUT2D eigenvalue weighted by molar-refractivity contribution is -0.384. The number of benzene rings is 2. The second kappa shape index (κ2) is 8.11. The summed E-state index contributed by atoms with van der Waals surface area (Å²) >= 11 is 6.01. The summed E-state index contributed by atoms with van der Waals surface area (Å²) in [6.07, 6.45) is 0. The fraction of sp³-hybridized carbons (Fsp3) is 0.125. The molecule has 0 radical (unpaired) electrons. The second-order valence-corrected chi connectivity index (χ2v) is 5.37. The molecule has 0 bridgehead atoms. The first kappa shape index (κ1) is 18.2. The highest BCUT2D eigenvalue weighted by molar-refractivity contribution is 6.33. The van der Waals surface area contributed by atoms with E-state index >= 15 is 0 Å². The van der Waals surface area contributed by atoms with Gasteiger partial charge in [0.1, 0.15) is 5.75 Å². The standard InChI is InChI=1S/C16H14ClN3O5/c1-10(21)18-11-2-7-14(17)15(8-11)19-16(22)9-25-13-5-3-12(4-6-13)20(23)24/h2-8H,9H2,1H3,(H,18,21)(H,19,22). The van der Waals surface area contributed by atoms with Crippen LogP contribution in [0.25, 0.3) is 0 Å². The van der Waals surface area contributed by atoms with Crippen LogP contribution in [0.2, 0.25) is 5.02 Å². The molecular weight excluding hydrogens is 350 g/mol. The second-order valence-electron chi connectivity index (χ2n) is 4.96. The first-order chi connectivity index (χ1) is 11.8. The lowest BCUT2D eigenvalue weighted by atomic mass is 10.2. The van der Waals surface area contributed by atoms with Crippen molar-refractivity contribution in [3.63, 3.8) is 0 Å². The van der Waals surface area contributed by atoms with Gasteiger partial charge in [-0.15, -0.1) is 0 Å². The average Bonchev–Trinajstić information content (AvgIpc) is 2.56. The van der Waals surface area contributed by atoms with E-state index in [1.165, 1.54) is 37.3 Å². The molecule has 25 heavy (non-hydrogen) atoms. The Bertz CT molecular complexity index is 808. The van der Waals surface area contributed by atoms with Gasteiger partial charge in [-0.25, -0.2) is 0 Å². The molecule has 0 aliphatic rings. The third-order valence-corrected chi connectivity index (χ3v) is 3.31. The number of carbonyl (C=O) groups excluding carboxylic acids is 2. The van der Waals surface area contributed by atoms with E-state index in [1.54, 1.807) is 12.1 Å². The van der Waals surface area contributed by atoms with Gasteiger partial charge in [0.05, 0.1) is 15.6 Å². The third-order valence-electron chi connectivity index (χ3n) is 2.98. The number of rotatable bonds is 6. The Labute approximate surface area is 147 Å². The molecule has 2 aromatic rings. The van der Waals surface area contributed by atoms with Gasteiger partial charge >= 0.3 is 0 Å². The number of nitro benzene ring substituents is 1. The lowest BCUT2D eigenvalue weighted by Crippen LogP contribution is -2.20. The Morgan fingerprint density at radius 3 is 2.44 bits per heavy atom. The molecule has 0 saturated carbocycles. The largest absolute Gasteiger partial charge is 0.484 e. The lowest BCUT2D eigenvalue weighted by Gasteiger charge is -2.10. The van der Waals surface area contributed by atoms with Gasteiger partial charge in [0.25, 0.3) is 11.6 Å². The Hall–Kier alpha value is -3.13. The molecule has 2 aromatic carbocycles. The fourth-order valence-corrected chi connectivity index (χ4v) is 2.07. The summed E-state index contributed by atoms with van der Waals surface area (Å²) in [6.45, 7) is 1.06. The van der Waals surface area contributed by atoms with Crippen molar-refractivity contribution >= 4 is 40.5 Å². The maximum Gasteiger partial charge on any atom is 0.269 e. The number of nitrogens with one attached hydrogen (secondary N) is 2. The molecule has 0 unspecified atom stereocenters. The predicted octanol–water partition coefficient (Wildman–Crippen LogP) is 3.22. The molecule has 0 aliphatic carbocycles. The van der Waals surface area contributed by atoms with E-state index < -0.39 is 10.8 Å². The van der Waals surface area contributed by atoms with Crippen molar-refractivity contribution in [1.29, 1.82) is 0 Å². The maximum absolute atomic E-state index is 12.0. The highest BCUT2D eigenvalue weighted by Gasteiger charge is 2.10. The molecule has 2 rings (SSSR count). The van der Waals surface area contributed by atoms with E-state index in [9.17, 15) is 19.7 Å². The predicted molar refractivity (Wildman–Crippen MR) is 93.0 cm³/mol. The summed E-state index contributed by atoms with van der Waals surface area (Å²) in [5.41, 5.74) is 0.743. The zero-order chi connectivity index (χ0) is 18.4. The SMILES string of the molecule is CC(=O)Nc1ccc(Cl)c(NC(=O)COc2ccc([N+](=O)[O-])cc2)c1. The van der Waals surface area contributed by atoms with Gasteiger partial charge in [-0.2, -0.15) is 0 Å². The molecule has 0 saturated heterocycles. The van der Waals surface area contributed by atoms with Crippen LogP contribution in [0.4, 0.5) is 17.1 Å². The highest BCUT2D eigenvalue weighted by Crippen LogP contribution is 2.25. The van der Waals surface area contributed by atoms with Crippen molar-refractivity contribution in [3.05, 3.63) is 57.6 Å². The molecule has 0 atom stereocenters. The number of anilines is 2. The first-order valence-corrected chi connectivity index (χ1v) is 7.47. The summed E-state index contributed by atoms with van der Waals surface area (Å²) in [6, 6.07) is 10.0. The van der Waals surface area contributed by atoms with Crippen LogP contribution in [0, 0.1) is 10.1 Å². The quantitative estimate of drug-likeness (QED) is 0.604. The zero-order valence-electron chi connectivity index (χ0n) is 13.1. The Morgan fingerprint density at radius 2 is 1.84 bits per heavy atom. The van der Waals surface area contributed by atoms with E-state index in [-0.39, 0.29) is 18.2 Å². The summed E-state index contributed by atoms with van der Waals surface area (Å²) < 4.78 is 5.26. The van der Waals surface area contributed by atoms with Gasteiger partial charge < -0.3 is 15.4 Å². The van der Waals surface area contributed by atoms with Crippen LogP contribution >= 0.6 is 11.6 Å². The topological polar surface area (TPSA) is 111 Å². The number of halogens is 1. The molecule has 2 amide bonds. The summed E-state index contributed by atoms with van der Waals surface area (Å²) in [4.78, 5) is 33.1. The van der Waals surface area contributed by atoms with Crippen molar-refractivity contribution in [2.45, 2.75) is 6.92 Å². The number of nitro groups is 1. The molecule has 0 heterocycles. The Balaban J connectivity index is 1.95. The van der Waals surface area contributed by atoms with Gasteiger partial charge in [0, 0.05) is 24.7 Å². The Morgan fingerprint density at radius 1 is 1.16 bits per heavy atom. The van der Waals surface area contributed by atoms with Crippen molar-refractivity contribution in [1.82, 2.24) is 0 Å². The maximum atomic E-state index is 12.0. The highest BCUT2D eigenvalue weighted by atomic mass is 35.5. The van der Waals surface area contributed by atoms with Gasteiger partial charge in [-0.3, -0.25) is 19.7 Å². The van der Waals surface area contributed by atoms with E-state index in [2.05, 4.69) is 10.6 Å². The van der Waals surface area contributed by atoms with Gasteiger partial charge in [0.2, 0.25) is 5.91 Å². The number of nitrogens with zero attached hydrogens (tertiary/aromatic N) is 1. The van der Waals surface area contributed by atoms with Crippen LogP contribution < -0.4 is 15.4 Å². The Kier molecular flexibility index (Phi) is 5.91. The fourth-order valence-electron chi connectivity index (χ4n) is 1.90. The van der Waals surface area contributed by atoms with Crippen LogP contribution in [-0.2, 0) is 9.59 Å². The molecule has 130 valence electrons. The van der Waals surface area contributed by atoms with Gasteiger partial charge in [-0.1, -0.05) is 11.6 Å². The number of carbonyl (C=O) groups is 2. The zero-order valence-corrected chi connectivity index (χ0v) is 13.9. The first-order valence-electron chi connectivity index (χ1n) is 7.09. The van der Waals surface area contributed by atoms with Crippen LogP contribution in [-0.4, -0.2) is 23.3 Å². The minimum Gasteiger partial charge on any atom is -0.484 e. The van der Waals surface area contributed by atoms with Crippen LogP contribution in [0.15, 0.2) is 42.5 Å². The van der Waals surface area contributed by atoms with E-state index in [0.717, 1.165) is 0 Å². The van der Waals surface area contributed by atoms with E-state index in [4.69, 9.17) is 16.3 Å². The minimum atomic E-state index is -0.527. The van der Waals surface area contributed by atoms with E-state index in [1.807, 2.05) is 0 Å². The van der Waals surface area contributed by atoms with Crippen molar-refractivity contribution in [3.8, 4) is 5.75 Å². The number of non-ortho nitro benzene ring substituents is 1. The van der Waals surface area contributed by atoms with Gasteiger partial charge in [0.15, 0.2) is 6.61 Å². The number of hydrogen-bond acceptors (Lipinski definition) is 5. The van der Waals surface area contributed by atoms with E-state index in [0.29, 0.717) is 22.1 Å². The molecule has 2 N–H and O–H groups in total. The van der Waals surface area contributed by atoms with Crippen LogP contribution in [0.5, 0.6) is 5.75 Å². The molecule has 9 heteroatoms. The molecular formula is C16H14ClN3O5. The van der Waals surface area contributed by atoms with Crippen LogP contribution in [0.3, 0.4) is 0 Å². The summed E-state index contributed by atoms with van der Waals surface area (Å²) in [7, 11) is 0. The van der Waals surface area contributed by atoms with Crippen molar-refractivity contribution < 1.29 is 19.2 Å². The average molecular weight is 364 g/mol. The monoisotopic (exact) mass is 363 g/mol. The van der Waals surface area contributed by atoms with Crippen molar-refractivity contribution in [2.24, 2.45) is 0 Å². The van der Waals surface area contributed by atoms with Gasteiger partial charge in [-0.05, 0) is 30.3 Å². The number of hydrogen-bond donors (Lipinski definition) is 2. The molecule has 0 spiro atoms. The third kappa shape index (κ3) is 5.47. The number of ether oxygens (including phenoxy) is 1. The molecule has 0 aromatic heterocycles. The molecule has 8 nitrogen and oxygen atoms in total. The molecule has 0 fully saturated rings. The smallest absolute Gasteiger partial charge is 0.269 e. The number of amides is 2. The van der Waals surface area contributed by atoms with Crippen LogP contribution in [0.1, 0.15) is 6.92 Å². The van der Waals surface area contributed by atoms with Crippen molar-refractivity contribution in [2.75, 3.05) is 17.2 Å². The summed E-state index contributed by atoms with van der Waals surface area (Å²) in [5, 5.41) is 16.0.